The molecule has 0 N–H and O–H groups in total. The standard InChI is InChI=1S/C28H32O.2ClH.Zr/c1-17-12-13-20-19-10-8-9-11-21(19)25(22(20)14-17)23-15-18(27(2,3)4)16-24(26(23)29)28(5,6)7;;;/h8-16,25,29H,1-7H3;2*1H;/q;;;+3/p-3. The second-order valence-corrected chi connectivity index (χ2v) is 11.2. The van der Waals surface area contributed by atoms with Crippen LogP contribution in [-0.2, 0) is 36.0 Å². The first-order chi connectivity index (χ1) is 14.0. The molecule has 4 rings (SSSR count). The predicted molar refractivity (Wildman–Crippen MR) is 122 cm³/mol. The minimum atomic E-state index is 0. The van der Waals surface area contributed by atoms with Gasteiger partial charge in [-0.15, -0.1) is 0 Å². The van der Waals surface area contributed by atoms with E-state index in [1.807, 2.05) is 0 Å². The summed E-state index contributed by atoms with van der Waals surface area (Å²) >= 11 is 1.08. The third-order valence-corrected chi connectivity index (χ3v) is 6.79. The molecule has 0 amide bonds. The third kappa shape index (κ3) is 4.75. The number of rotatable bonds is 2. The van der Waals surface area contributed by atoms with Crippen LogP contribution in [-0.4, -0.2) is 0 Å². The van der Waals surface area contributed by atoms with E-state index < -0.39 is 0 Å². The van der Waals surface area contributed by atoms with Gasteiger partial charge in [0.2, 0.25) is 0 Å². The van der Waals surface area contributed by atoms with E-state index in [9.17, 15) is 0 Å². The van der Waals surface area contributed by atoms with E-state index in [-0.39, 0.29) is 41.6 Å². The van der Waals surface area contributed by atoms with Crippen molar-refractivity contribution in [2.24, 2.45) is 0 Å². The minimum absolute atomic E-state index is 0. The molecule has 1 nitrogen and oxygen atoms in total. The zero-order chi connectivity index (χ0) is 21.8. The Morgan fingerprint density at radius 1 is 0.719 bits per heavy atom. The first-order valence-electron chi connectivity index (χ1n) is 10.7. The topological polar surface area (TPSA) is 9.23 Å². The van der Waals surface area contributed by atoms with Crippen molar-refractivity contribution in [3.63, 3.8) is 0 Å². The number of aryl methyl sites for hydroxylation is 1. The summed E-state index contributed by atoms with van der Waals surface area (Å²) in [6.45, 7) is 16.0. The molecule has 0 saturated heterocycles. The molecule has 1 atom stereocenters. The number of fused-ring (bicyclic) bond motifs is 3. The Bertz CT molecular complexity index is 1120. The number of benzene rings is 3. The van der Waals surface area contributed by atoms with Gasteiger partial charge >= 0.3 is 198 Å². The molecule has 3 aromatic rings. The summed E-state index contributed by atoms with van der Waals surface area (Å²) in [5.41, 5.74) is 10.9. The molecule has 1 aliphatic rings. The van der Waals surface area contributed by atoms with Crippen LogP contribution in [0.2, 0.25) is 0 Å². The van der Waals surface area contributed by atoms with Gasteiger partial charge in [-0.25, -0.2) is 0 Å². The fourth-order valence-corrected chi connectivity index (χ4v) is 5.19. The maximum Gasteiger partial charge on any atom is -1.00 e. The second kappa shape index (κ2) is 9.65. The molecule has 0 spiro atoms. The van der Waals surface area contributed by atoms with Crippen molar-refractivity contribution in [1.29, 1.82) is 0 Å². The van der Waals surface area contributed by atoms with Crippen molar-refractivity contribution in [3.05, 3.63) is 88.0 Å². The van der Waals surface area contributed by atoms with E-state index in [2.05, 4.69) is 103 Å². The van der Waals surface area contributed by atoms with Crippen molar-refractivity contribution in [3.8, 4) is 16.9 Å². The smallest absolute Gasteiger partial charge is 1.00 e. The number of halogens is 2. The SMILES string of the molecule is Cc1ccc2c(c1)C(c1cc(C(C)(C)C)cc(C(C)(C)C)c1[O][Zr+2])c1ccccc1-2.[Cl-].[Cl-]. The normalized spacial score (nSPS) is 14.7. The van der Waals surface area contributed by atoms with Crippen molar-refractivity contribution in [2.75, 3.05) is 0 Å². The van der Waals surface area contributed by atoms with Crippen molar-refractivity contribution in [1.82, 2.24) is 0 Å². The maximum atomic E-state index is 6.23. The zero-order valence-corrected chi connectivity index (χ0v) is 23.9. The first-order valence-corrected chi connectivity index (χ1v) is 11.7. The fourth-order valence-electron chi connectivity index (χ4n) is 4.63. The Morgan fingerprint density at radius 2 is 1.34 bits per heavy atom. The summed E-state index contributed by atoms with van der Waals surface area (Å²) in [6.07, 6.45) is 0. The Kier molecular flexibility index (Phi) is 8.20. The van der Waals surface area contributed by atoms with Gasteiger partial charge in [0.15, 0.2) is 0 Å². The Morgan fingerprint density at radius 3 is 1.94 bits per heavy atom. The summed E-state index contributed by atoms with van der Waals surface area (Å²) in [7, 11) is 0. The van der Waals surface area contributed by atoms with Gasteiger partial charge in [-0.2, -0.15) is 0 Å². The minimum Gasteiger partial charge on any atom is -1.00 e. The van der Waals surface area contributed by atoms with Crippen LogP contribution >= 0.6 is 0 Å². The monoisotopic (exact) mass is 543 g/mol. The van der Waals surface area contributed by atoms with E-state index in [0.717, 1.165) is 30.9 Å². The van der Waals surface area contributed by atoms with Crippen LogP contribution in [0.15, 0.2) is 54.6 Å². The van der Waals surface area contributed by atoms with Gasteiger partial charge < -0.3 is 24.8 Å². The average Bonchev–Trinajstić information content (AvgIpc) is 2.98. The van der Waals surface area contributed by atoms with Gasteiger partial charge in [-0.05, 0) is 0 Å². The van der Waals surface area contributed by atoms with E-state index in [4.69, 9.17) is 2.81 Å². The van der Waals surface area contributed by atoms with Crippen molar-refractivity contribution >= 4 is 0 Å². The molecule has 0 fully saturated rings. The molecular formula is C28H31Cl2OZr. The van der Waals surface area contributed by atoms with E-state index in [1.54, 1.807) is 0 Å². The Hall–Kier alpha value is -1.08. The largest absolute Gasteiger partial charge is 1.00 e. The van der Waals surface area contributed by atoms with Crippen LogP contribution in [0.5, 0.6) is 5.75 Å². The van der Waals surface area contributed by atoms with Crippen LogP contribution in [0.3, 0.4) is 0 Å². The van der Waals surface area contributed by atoms with Crippen LogP contribution in [0.25, 0.3) is 11.1 Å². The molecule has 1 unspecified atom stereocenters. The Labute approximate surface area is 221 Å². The summed E-state index contributed by atoms with van der Waals surface area (Å²) in [4.78, 5) is 0. The van der Waals surface area contributed by atoms with Gasteiger partial charge in [0.05, 0.1) is 0 Å². The first kappa shape index (κ1) is 27.2. The molecule has 4 heteroatoms. The van der Waals surface area contributed by atoms with Gasteiger partial charge in [-0.3, -0.25) is 0 Å². The zero-order valence-electron chi connectivity index (χ0n) is 19.9. The maximum absolute atomic E-state index is 6.23. The summed E-state index contributed by atoms with van der Waals surface area (Å²) in [5.74, 6) is 1.28. The van der Waals surface area contributed by atoms with E-state index in [0.29, 0.717) is 0 Å². The molecule has 0 aromatic heterocycles. The van der Waals surface area contributed by atoms with Crippen LogP contribution < -0.4 is 27.6 Å². The quantitative estimate of drug-likeness (QED) is 0.372. The summed E-state index contributed by atoms with van der Waals surface area (Å²) in [6, 6.07) is 20.6. The third-order valence-electron chi connectivity index (χ3n) is 6.28. The molecule has 0 aliphatic heterocycles. The van der Waals surface area contributed by atoms with Gasteiger partial charge in [-0.1, -0.05) is 0 Å². The van der Waals surface area contributed by atoms with Crippen LogP contribution in [0.4, 0.5) is 0 Å². The van der Waals surface area contributed by atoms with Crippen molar-refractivity contribution < 1.29 is 52.8 Å². The molecule has 0 bridgehead atoms. The summed E-state index contributed by atoms with van der Waals surface area (Å²) in [5, 5.41) is 0. The van der Waals surface area contributed by atoms with Gasteiger partial charge in [0.25, 0.3) is 0 Å². The van der Waals surface area contributed by atoms with E-state index >= 15 is 0 Å². The fraction of sp³-hybridized carbons (Fsp3) is 0.357. The summed E-state index contributed by atoms with van der Waals surface area (Å²) < 4.78 is 6.23. The molecule has 1 aliphatic carbocycles. The Balaban J connectivity index is 0.00000181. The van der Waals surface area contributed by atoms with Crippen LogP contribution in [0, 0.1) is 6.92 Å². The molecule has 0 saturated carbocycles. The molecule has 3 aromatic carbocycles. The van der Waals surface area contributed by atoms with Crippen LogP contribution in [0.1, 0.15) is 80.8 Å². The van der Waals surface area contributed by atoms with Gasteiger partial charge in [0, 0.05) is 0 Å². The second-order valence-electron chi connectivity index (χ2n) is 10.7. The van der Waals surface area contributed by atoms with Gasteiger partial charge in [0.1, 0.15) is 0 Å². The predicted octanol–water partition coefficient (Wildman–Crippen LogP) is 1.60. The molecule has 32 heavy (non-hydrogen) atoms. The number of hydrogen-bond donors (Lipinski definition) is 0. The average molecular weight is 546 g/mol. The molecule has 0 heterocycles. The van der Waals surface area contributed by atoms with Crippen molar-refractivity contribution in [2.45, 2.75) is 65.2 Å². The molecule has 167 valence electrons. The number of hydrogen-bond acceptors (Lipinski definition) is 1. The molecular weight excluding hydrogens is 514 g/mol. The molecule has 0 radical (unpaired) electrons. The van der Waals surface area contributed by atoms with E-state index in [1.165, 1.54) is 44.5 Å².